The van der Waals surface area contributed by atoms with E-state index in [1.165, 1.54) is 0 Å². The topological polar surface area (TPSA) is 67.6 Å². The predicted molar refractivity (Wildman–Crippen MR) is 63.9 cm³/mol. The number of pyridine rings is 1. The second-order valence-electron chi connectivity index (χ2n) is 3.88. The first-order chi connectivity index (χ1) is 7.81. The number of nitrogens with two attached hydrogens (primary N) is 1. The number of aromatic nitrogens is 3. The summed E-state index contributed by atoms with van der Waals surface area (Å²) in [4.78, 5) is 11.9. The third-order valence-corrected chi connectivity index (χ3v) is 2.60. The van der Waals surface area contributed by atoms with Crippen LogP contribution in [0.4, 0.5) is 0 Å². The zero-order valence-corrected chi connectivity index (χ0v) is 9.35. The smallest absolute Gasteiger partial charge is 0.109 e. The Morgan fingerprint density at radius 3 is 2.94 bits per heavy atom. The fourth-order valence-electron chi connectivity index (χ4n) is 1.63. The lowest BCUT2D eigenvalue weighted by molar-refractivity contribution is 0.655. The summed E-state index contributed by atoms with van der Waals surface area (Å²) in [6.45, 7) is 2.80. The van der Waals surface area contributed by atoms with Gasteiger partial charge in [0.1, 0.15) is 5.82 Å². The molecule has 0 aliphatic carbocycles. The van der Waals surface area contributed by atoms with Gasteiger partial charge in [-0.05, 0) is 25.1 Å². The van der Waals surface area contributed by atoms with Gasteiger partial charge in [-0.15, -0.1) is 0 Å². The van der Waals surface area contributed by atoms with Crippen LogP contribution in [0.2, 0.25) is 0 Å². The van der Waals surface area contributed by atoms with Crippen molar-refractivity contribution in [3.63, 3.8) is 0 Å². The predicted octanol–water partition coefficient (Wildman–Crippen LogP) is 1.92. The zero-order chi connectivity index (χ0) is 11.4. The van der Waals surface area contributed by atoms with Crippen molar-refractivity contribution in [1.82, 2.24) is 15.0 Å². The number of aromatic amines is 1. The summed E-state index contributed by atoms with van der Waals surface area (Å²) in [5, 5.41) is 0. The van der Waals surface area contributed by atoms with Crippen LogP contribution in [0.3, 0.4) is 0 Å². The minimum Gasteiger partial charge on any atom is -0.341 e. The van der Waals surface area contributed by atoms with Gasteiger partial charge in [-0.1, -0.05) is 13.0 Å². The Morgan fingerprint density at radius 2 is 2.25 bits per heavy atom. The zero-order valence-electron chi connectivity index (χ0n) is 9.35. The summed E-state index contributed by atoms with van der Waals surface area (Å²) in [7, 11) is 0. The largest absolute Gasteiger partial charge is 0.341 e. The number of imidazole rings is 1. The molecule has 16 heavy (non-hydrogen) atoms. The molecule has 0 amide bonds. The SMILES string of the molecule is CC(CCN)c1ncc(-c2ccccn2)[nH]1. The van der Waals surface area contributed by atoms with E-state index in [-0.39, 0.29) is 0 Å². The Bertz CT molecular complexity index is 435. The Hall–Kier alpha value is -1.68. The molecule has 2 aromatic heterocycles. The van der Waals surface area contributed by atoms with E-state index < -0.39 is 0 Å². The molecule has 2 heterocycles. The maximum atomic E-state index is 5.53. The van der Waals surface area contributed by atoms with Gasteiger partial charge in [0, 0.05) is 12.1 Å². The van der Waals surface area contributed by atoms with E-state index in [1.54, 1.807) is 6.20 Å². The molecule has 4 heteroatoms. The van der Waals surface area contributed by atoms with E-state index in [4.69, 9.17) is 5.73 Å². The third-order valence-electron chi connectivity index (χ3n) is 2.60. The maximum absolute atomic E-state index is 5.53. The second kappa shape index (κ2) is 4.90. The van der Waals surface area contributed by atoms with Crippen molar-refractivity contribution in [3.05, 3.63) is 36.4 Å². The fraction of sp³-hybridized carbons (Fsp3) is 0.333. The molecule has 0 fully saturated rings. The van der Waals surface area contributed by atoms with Crippen LogP contribution in [0.1, 0.15) is 25.1 Å². The van der Waals surface area contributed by atoms with Crippen LogP contribution in [-0.2, 0) is 0 Å². The summed E-state index contributed by atoms with van der Waals surface area (Å²) in [5.74, 6) is 1.34. The molecule has 1 unspecified atom stereocenters. The van der Waals surface area contributed by atoms with Gasteiger partial charge < -0.3 is 10.7 Å². The number of hydrogen-bond acceptors (Lipinski definition) is 3. The number of hydrogen-bond donors (Lipinski definition) is 2. The number of rotatable bonds is 4. The molecule has 0 bridgehead atoms. The summed E-state index contributed by atoms with van der Waals surface area (Å²) in [6.07, 6.45) is 4.54. The molecule has 2 rings (SSSR count). The monoisotopic (exact) mass is 216 g/mol. The Labute approximate surface area is 94.9 Å². The van der Waals surface area contributed by atoms with E-state index in [0.29, 0.717) is 12.5 Å². The standard InChI is InChI=1S/C12H16N4/c1-9(5-6-13)12-15-8-11(16-12)10-4-2-3-7-14-10/h2-4,7-9H,5-6,13H2,1H3,(H,15,16). The highest BCUT2D eigenvalue weighted by molar-refractivity contribution is 5.52. The molecule has 0 spiro atoms. The van der Waals surface area contributed by atoms with E-state index in [1.807, 2.05) is 24.4 Å². The van der Waals surface area contributed by atoms with E-state index >= 15 is 0 Å². The molecule has 0 aromatic carbocycles. The Morgan fingerprint density at radius 1 is 1.38 bits per heavy atom. The first kappa shape index (κ1) is 10.8. The van der Waals surface area contributed by atoms with Crippen LogP contribution in [-0.4, -0.2) is 21.5 Å². The fourth-order valence-corrected chi connectivity index (χ4v) is 1.63. The molecule has 0 saturated carbocycles. The van der Waals surface area contributed by atoms with Crippen molar-refractivity contribution < 1.29 is 0 Å². The van der Waals surface area contributed by atoms with Gasteiger partial charge in [0.2, 0.25) is 0 Å². The van der Waals surface area contributed by atoms with Gasteiger partial charge in [-0.2, -0.15) is 0 Å². The van der Waals surface area contributed by atoms with Gasteiger partial charge in [0.15, 0.2) is 0 Å². The average Bonchev–Trinajstić information content (AvgIpc) is 2.80. The van der Waals surface area contributed by atoms with Crippen LogP contribution in [0.15, 0.2) is 30.6 Å². The lowest BCUT2D eigenvalue weighted by Gasteiger charge is -2.05. The van der Waals surface area contributed by atoms with Crippen molar-refractivity contribution in [2.24, 2.45) is 5.73 Å². The van der Waals surface area contributed by atoms with Crippen molar-refractivity contribution in [1.29, 1.82) is 0 Å². The minimum atomic E-state index is 0.363. The highest BCUT2D eigenvalue weighted by Gasteiger charge is 2.09. The third kappa shape index (κ3) is 2.28. The summed E-state index contributed by atoms with van der Waals surface area (Å²) >= 11 is 0. The van der Waals surface area contributed by atoms with Crippen LogP contribution in [0.5, 0.6) is 0 Å². The van der Waals surface area contributed by atoms with E-state index in [9.17, 15) is 0 Å². The Balaban J connectivity index is 2.20. The number of H-pyrrole nitrogens is 1. The maximum Gasteiger partial charge on any atom is 0.109 e. The average molecular weight is 216 g/mol. The highest BCUT2D eigenvalue weighted by Crippen LogP contribution is 2.19. The first-order valence-corrected chi connectivity index (χ1v) is 5.47. The van der Waals surface area contributed by atoms with Crippen molar-refractivity contribution >= 4 is 0 Å². The van der Waals surface area contributed by atoms with Gasteiger partial charge in [0.05, 0.1) is 17.6 Å². The van der Waals surface area contributed by atoms with Gasteiger partial charge in [0.25, 0.3) is 0 Å². The van der Waals surface area contributed by atoms with Gasteiger partial charge in [-0.25, -0.2) is 4.98 Å². The molecule has 4 nitrogen and oxygen atoms in total. The lowest BCUT2D eigenvalue weighted by atomic mass is 10.1. The van der Waals surface area contributed by atoms with Crippen molar-refractivity contribution in [2.75, 3.05) is 6.54 Å². The Kier molecular flexibility index (Phi) is 3.31. The normalized spacial score (nSPS) is 12.6. The van der Waals surface area contributed by atoms with Gasteiger partial charge in [-0.3, -0.25) is 4.98 Å². The van der Waals surface area contributed by atoms with Gasteiger partial charge >= 0.3 is 0 Å². The lowest BCUT2D eigenvalue weighted by Crippen LogP contribution is -2.05. The molecule has 84 valence electrons. The molecule has 3 N–H and O–H groups in total. The van der Waals surface area contributed by atoms with Crippen LogP contribution in [0, 0.1) is 0 Å². The molecule has 0 aliphatic rings. The van der Waals surface area contributed by atoms with Crippen LogP contribution < -0.4 is 5.73 Å². The highest BCUT2D eigenvalue weighted by atomic mass is 14.9. The molecule has 0 aliphatic heterocycles. The number of nitrogens with one attached hydrogen (secondary N) is 1. The molecule has 0 saturated heterocycles. The van der Waals surface area contributed by atoms with Crippen LogP contribution >= 0.6 is 0 Å². The minimum absolute atomic E-state index is 0.363. The van der Waals surface area contributed by atoms with Crippen molar-refractivity contribution in [3.8, 4) is 11.4 Å². The summed E-state index contributed by atoms with van der Waals surface area (Å²) in [6, 6.07) is 5.83. The molecular weight excluding hydrogens is 200 g/mol. The van der Waals surface area contributed by atoms with E-state index in [2.05, 4.69) is 21.9 Å². The molecule has 2 aromatic rings. The number of nitrogens with zero attached hydrogens (tertiary/aromatic N) is 2. The molecular formula is C12H16N4. The van der Waals surface area contributed by atoms with E-state index in [0.717, 1.165) is 23.6 Å². The second-order valence-corrected chi connectivity index (χ2v) is 3.88. The first-order valence-electron chi connectivity index (χ1n) is 5.47. The summed E-state index contributed by atoms with van der Waals surface area (Å²) in [5.41, 5.74) is 7.41. The quantitative estimate of drug-likeness (QED) is 0.820. The molecule has 0 radical (unpaired) electrons. The molecule has 1 atom stereocenters. The summed E-state index contributed by atoms with van der Waals surface area (Å²) < 4.78 is 0. The van der Waals surface area contributed by atoms with Crippen molar-refractivity contribution in [2.45, 2.75) is 19.3 Å². The van der Waals surface area contributed by atoms with Crippen LogP contribution in [0.25, 0.3) is 11.4 Å².